The molecule has 1 aliphatic rings. The minimum Gasteiger partial charge on any atom is -0.465 e. The molecule has 29 heavy (non-hydrogen) atoms. The van der Waals surface area contributed by atoms with Crippen LogP contribution in [0.25, 0.3) is 0 Å². The van der Waals surface area contributed by atoms with E-state index in [4.69, 9.17) is 16.3 Å². The summed E-state index contributed by atoms with van der Waals surface area (Å²) in [6.07, 6.45) is -5.62. The van der Waals surface area contributed by atoms with Gasteiger partial charge in [0.05, 0.1) is 23.9 Å². The molecule has 0 amide bonds. The number of anilines is 2. The van der Waals surface area contributed by atoms with Crippen molar-refractivity contribution >= 4 is 28.9 Å². The first kappa shape index (κ1) is 21.1. The third-order valence-electron chi connectivity index (χ3n) is 4.38. The Bertz CT molecular complexity index is 886. The minimum atomic E-state index is -4.65. The van der Waals surface area contributed by atoms with Crippen LogP contribution < -0.4 is 15.0 Å². The third-order valence-corrected chi connectivity index (χ3v) is 4.64. The Hall–Kier alpha value is -2.65. The predicted octanol–water partition coefficient (Wildman–Crippen LogP) is 4.12. The summed E-state index contributed by atoms with van der Waals surface area (Å²) in [5.41, 5.74) is -1.45. The molecule has 0 spiro atoms. The van der Waals surface area contributed by atoms with Gasteiger partial charge in [-0.15, -0.1) is 0 Å². The van der Waals surface area contributed by atoms with Gasteiger partial charge in [-0.05, 0) is 42.8 Å². The fraction of sp³-hybridized carbons (Fsp3) is 0.316. The number of aliphatic hydroxyl groups excluding tert-OH is 1. The van der Waals surface area contributed by atoms with E-state index in [0.29, 0.717) is 18.1 Å². The molecule has 0 radical (unpaired) electrons. The SMILES string of the molecule is COC(=O)c1cc(N2CCC2)c(C(F)(F)F)cc1NC(O)Oc1ccc(Cl)cc1. The number of benzene rings is 2. The van der Waals surface area contributed by atoms with Crippen molar-refractivity contribution in [3.63, 3.8) is 0 Å². The molecule has 3 rings (SSSR count). The molecule has 2 aromatic rings. The number of hydrogen-bond donors (Lipinski definition) is 2. The van der Waals surface area contributed by atoms with E-state index < -0.39 is 24.1 Å². The Kier molecular flexibility index (Phi) is 6.09. The van der Waals surface area contributed by atoms with E-state index >= 15 is 0 Å². The summed E-state index contributed by atoms with van der Waals surface area (Å²) in [7, 11) is 1.12. The number of ether oxygens (including phenoxy) is 2. The van der Waals surface area contributed by atoms with Crippen molar-refractivity contribution in [3.8, 4) is 5.75 Å². The number of carbonyl (C=O) groups is 1. The van der Waals surface area contributed by atoms with E-state index in [-0.39, 0.29) is 22.7 Å². The average molecular weight is 431 g/mol. The first-order valence-electron chi connectivity index (χ1n) is 8.64. The Morgan fingerprint density at radius 2 is 1.90 bits per heavy atom. The van der Waals surface area contributed by atoms with Crippen LogP contribution in [-0.2, 0) is 10.9 Å². The fourth-order valence-electron chi connectivity index (χ4n) is 2.84. The van der Waals surface area contributed by atoms with Crippen LogP contribution >= 0.6 is 11.6 Å². The van der Waals surface area contributed by atoms with Gasteiger partial charge < -0.3 is 24.8 Å². The topological polar surface area (TPSA) is 71.0 Å². The van der Waals surface area contributed by atoms with Crippen LogP contribution in [0.3, 0.4) is 0 Å². The number of nitrogens with one attached hydrogen (secondary N) is 1. The molecule has 10 heteroatoms. The molecule has 1 heterocycles. The maximum absolute atomic E-state index is 13.6. The molecule has 1 unspecified atom stereocenters. The van der Waals surface area contributed by atoms with Gasteiger partial charge in [-0.3, -0.25) is 0 Å². The van der Waals surface area contributed by atoms with Crippen LogP contribution in [0.5, 0.6) is 5.75 Å². The Morgan fingerprint density at radius 3 is 2.41 bits per heavy atom. The molecule has 1 saturated heterocycles. The number of alkyl halides is 3. The molecule has 0 saturated carbocycles. The first-order valence-corrected chi connectivity index (χ1v) is 9.02. The smallest absolute Gasteiger partial charge is 0.418 e. The molecule has 0 aromatic heterocycles. The average Bonchev–Trinajstić information content (AvgIpc) is 2.61. The van der Waals surface area contributed by atoms with E-state index in [2.05, 4.69) is 10.1 Å². The largest absolute Gasteiger partial charge is 0.465 e. The number of esters is 1. The third kappa shape index (κ3) is 4.86. The van der Waals surface area contributed by atoms with E-state index in [1.54, 1.807) is 0 Å². The summed E-state index contributed by atoms with van der Waals surface area (Å²) in [5, 5.41) is 13.0. The van der Waals surface area contributed by atoms with Crippen molar-refractivity contribution in [2.75, 3.05) is 30.4 Å². The van der Waals surface area contributed by atoms with Crippen molar-refractivity contribution in [1.29, 1.82) is 0 Å². The van der Waals surface area contributed by atoms with Gasteiger partial charge in [-0.1, -0.05) is 11.6 Å². The Labute approximate surface area is 169 Å². The van der Waals surface area contributed by atoms with Crippen LogP contribution in [0.2, 0.25) is 5.02 Å². The lowest BCUT2D eigenvalue weighted by Gasteiger charge is -2.35. The number of methoxy groups -OCH3 is 1. The zero-order chi connectivity index (χ0) is 21.2. The molecule has 0 aliphatic carbocycles. The number of halogens is 4. The van der Waals surface area contributed by atoms with Gasteiger partial charge in [-0.2, -0.15) is 13.2 Å². The van der Waals surface area contributed by atoms with Gasteiger partial charge in [0, 0.05) is 23.8 Å². The molecule has 6 nitrogen and oxygen atoms in total. The van der Waals surface area contributed by atoms with Crippen LogP contribution in [0.4, 0.5) is 24.5 Å². The zero-order valence-corrected chi connectivity index (χ0v) is 16.0. The molecule has 2 aromatic carbocycles. The summed E-state index contributed by atoms with van der Waals surface area (Å²) in [4.78, 5) is 13.7. The lowest BCUT2D eigenvalue weighted by Crippen LogP contribution is -2.38. The normalized spacial score (nSPS) is 14.8. The highest BCUT2D eigenvalue weighted by Crippen LogP contribution is 2.41. The maximum Gasteiger partial charge on any atom is 0.418 e. The number of aliphatic hydroxyl groups is 1. The highest BCUT2D eigenvalue weighted by molar-refractivity contribution is 6.30. The second kappa shape index (κ2) is 8.38. The number of nitrogens with zero attached hydrogens (tertiary/aromatic N) is 1. The summed E-state index contributed by atoms with van der Waals surface area (Å²) in [5.74, 6) is -0.621. The van der Waals surface area contributed by atoms with Crippen LogP contribution in [0, 0.1) is 0 Å². The highest BCUT2D eigenvalue weighted by atomic mass is 35.5. The quantitative estimate of drug-likeness (QED) is 0.530. The van der Waals surface area contributed by atoms with Crippen LogP contribution in [-0.4, -0.2) is 37.7 Å². The molecule has 2 N–H and O–H groups in total. The Balaban J connectivity index is 1.94. The molecular formula is C19H18ClF3N2O4. The second-order valence-corrected chi connectivity index (χ2v) is 6.75. The minimum absolute atomic E-state index is 0.109. The standard InChI is InChI=1S/C19H18ClF3N2O4/c1-28-17(26)13-9-16(25-7-2-8-25)14(19(21,22)23)10-15(13)24-18(27)29-12-5-3-11(20)4-6-12/h3-6,9-10,18,24,27H,2,7-8H2,1H3. The summed E-state index contributed by atoms with van der Waals surface area (Å²) >= 11 is 5.77. The number of carbonyl (C=O) groups excluding carboxylic acids is 1. The van der Waals surface area contributed by atoms with Gasteiger partial charge in [0.2, 0.25) is 0 Å². The fourth-order valence-corrected chi connectivity index (χ4v) is 2.96. The molecular weight excluding hydrogens is 413 g/mol. The first-order chi connectivity index (χ1) is 13.7. The van der Waals surface area contributed by atoms with Crippen molar-refractivity contribution < 1.29 is 32.5 Å². The maximum atomic E-state index is 13.6. The zero-order valence-electron chi connectivity index (χ0n) is 15.3. The van der Waals surface area contributed by atoms with Crippen molar-refractivity contribution in [3.05, 3.63) is 52.5 Å². The van der Waals surface area contributed by atoms with Crippen molar-refractivity contribution in [2.45, 2.75) is 19.0 Å². The number of rotatable bonds is 6. The number of hydrogen-bond acceptors (Lipinski definition) is 6. The molecule has 0 bridgehead atoms. The van der Waals surface area contributed by atoms with Gasteiger partial charge >= 0.3 is 12.1 Å². The van der Waals surface area contributed by atoms with E-state index in [1.165, 1.54) is 29.2 Å². The van der Waals surface area contributed by atoms with E-state index in [1.807, 2.05) is 0 Å². The lowest BCUT2D eigenvalue weighted by atomic mass is 10.0. The van der Waals surface area contributed by atoms with Crippen molar-refractivity contribution in [1.82, 2.24) is 0 Å². The van der Waals surface area contributed by atoms with Crippen LogP contribution in [0.1, 0.15) is 22.3 Å². The van der Waals surface area contributed by atoms with Gasteiger partial charge in [0.1, 0.15) is 5.75 Å². The van der Waals surface area contributed by atoms with Gasteiger partial charge in [0.25, 0.3) is 6.41 Å². The molecule has 156 valence electrons. The summed E-state index contributed by atoms with van der Waals surface area (Å²) in [6, 6.07) is 7.88. The van der Waals surface area contributed by atoms with Gasteiger partial charge in [-0.25, -0.2) is 4.79 Å². The second-order valence-electron chi connectivity index (χ2n) is 6.31. The summed E-state index contributed by atoms with van der Waals surface area (Å²) < 4.78 is 50.7. The Morgan fingerprint density at radius 1 is 1.24 bits per heavy atom. The summed E-state index contributed by atoms with van der Waals surface area (Å²) in [6.45, 7) is 0.914. The lowest BCUT2D eigenvalue weighted by molar-refractivity contribution is -0.137. The van der Waals surface area contributed by atoms with E-state index in [9.17, 15) is 23.1 Å². The van der Waals surface area contributed by atoms with E-state index in [0.717, 1.165) is 25.7 Å². The molecule has 1 fully saturated rings. The monoisotopic (exact) mass is 430 g/mol. The van der Waals surface area contributed by atoms with Crippen molar-refractivity contribution in [2.24, 2.45) is 0 Å². The van der Waals surface area contributed by atoms with Gasteiger partial charge in [0.15, 0.2) is 0 Å². The van der Waals surface area contributed by atoms with Crippen LogP contribution in [0.15, 0.2) is 36.4 Å². The highest BCUT2D eigenvalue weighted by Gasteiger charge is 2.38. The molecule has 1 aliphatic heterocycles. The predicted molar refractivity (Wildman–Crippen MR) is 101 cm³/mol. The molecule has 1 atom stereocenters.